The van der Waals surface area contributed by atoms with Gasteiger partial charge in [0.1, 0.15) is 6.54 Å². The van der Waals surface area contributed by atoms with Crippen LogP contribution in [0.15, 0.2) is 42.5 Å². The summed E-state index contributed by atoms with van der Waals surface area (Å²) in [4.78, 5) is 0. The van der Waals surface area contributed by atoms with Crippen LogP contribution in [0.5, 0.6) is 0 Å². The first kappa shape index (κ1) is 15.0. The van der Waals surface area contributed by atoms with Gasteiger partial charge in [0, 0.05) is 11.4 Å². The zero-order valence-corrected chi connectivity index (χ0v) is 13.1. The molecule has 0 radical (unpaired) electrons. The molecule has 0 unspecified atom stereocenters. The summed E-state index contributed by atoms with van der Waals surface area (Å²) < 4.78 is 3.28. The third kappa shape index (κ3) is 3.47. The Hall–Kier alpha value is -1.06. The molecule has 0 saturated heterocycles. The van der Waals surface area contributed by atoms with Gasteiger partial charge < -0.3 is 26.0 Å². The number of nitrogens with zero attached hydrogens (tertiary/aromatic N) is 2. The number of aryl methyl sites for hydroxylation is 1. The standard InChI is InChI=1S/C15H21N2.BrH/c1-13-10-11-15(12-17(2,3)4)16(13)14-8-6-5-7-9-14;/h5-11H,12H2,1-4H3;1H/q+1;/p-1. The summed E-state index contributed by atoms with van der Waals surface area (Å²) in [6.07, 6.45) is 0. The summed E-state index contributed by atoms with van der Waals surface area (Å²) >= 11 is 0. The van der Waals surface area contributed by atoms with E-state index in [0.717, 1.165) is 11.0 Å². The topological polar surface area (TPSA) is 4.93 Å². The quantitative estimate of drug-likeness (QED) is 0.703. The fraction of sp³-hybridized carbons (Fsp3) is 0.333. The molecule has 18 heavy (non-hydrogen) atoms. The Morgan fingerprint density at radius 2 is 1.56 bits per heavy atom. The van der Waals surface area contributed by atoms with Gasteiger partial charge in [-0.3, -0.25) is 0 Å². The van der Waals surface area contributed by atoms with Gasteiger partial charge in [0.2, 0.25) is 0 Å². The number of quaternary nitrogens is 1. The van der Waals surface area contributed by atoms with Crippen LogP contribution in [0.3, 0.4) is 0 Å². The van der Waals surface area contributed by atoms with Gasteiger partial charge in [0.05, 0.1) is 26.8 Å². The second-order valence-corrected chi connectivity index (χ2v) is 5.59. The highest BCUT2D eigenvalue weighted by molar-refractivity contribution is 5.37. The fourth-order valence-corrected chi connectivity index (χ4v) is 2.15. The van der Waals surface area contributed by atoms with Crippen molar-refractivity contribution < 1.29 is 21.5 Å². The lowest BCUT2D eigenvalue weighted by atomic mass is 10.3. The molecule has 2 nitrogen and oxygen atoms in total. The van der Waals surface area contributed by atoms with Crippen LogP contribution >= 0.6 is 0 Å². The Morgan fingerprint density at radius 3 is 2.11 bits per heavy atom. The van der Waals surface area contributed by atoms with E-state index in [2.05, 4.69) is 75.1 Å². The lowest BCUT2D eigenvalue weighted by Gasteiger charge is -2.25. The predicted octanol–water partition coefficient (Wildman–Crippen LogP) is -0.00408. The maximum absolute atomic E-state index is 2.34. The van der Waals surface area contributed by atoms with E-state index < -0.39 is 0 Å². The van der Waals surface area contributed by atoms with Crippen molar-refractivity contribution in [3.8, 4) is 5.69 Å². The first-order valence-electron chi connectivity index (χ1n) is 6.00. The third-order valence-electron chi connectivity index (χ3n) is 2.81. The Bertz CT molecular complexity index is 495. The summed E-state index contributed by atoms with van der Waals surface area (Å²) in [6, 6.07) is 15.0. The van der Waals surface area contributed by atoms with E-state index in [9.17, 15) is 0 Å². The van der Waals surface area contributed by atoms with Gasteiger partial charge in [-0.2, -0.15) is 0 Å². The maximum Gasteiger partial charge on any atom is 0.119 e. The van der Waals surface area contributed by atoms with Crippen LogP contribution in [0.2, 0.25) is 0 Å². The van der Waals surface area contributed by atoms with Crippen LogP contribution in [0, 0.1) is 6.92 Å². The number of rotatable bonds is 3. The molecule has 0 aliphatic heterocycles. The summed E-state index contributed by atoms with van der Waals surface area (Å²) in [5.74, 6) is 0. The zero-order chi connectivity index (χ0) is 12.5. The van der Waals surface area contributed by atoms with E-state index in [1.54, 1.807) is 0 Å². The van der Waals surface area contributed by atoms with Crippen molar-refractivity contribution in [3.05, 3.63) is 53.9 Å². The predicted molar refractivity (Wildman–Crippen MR) is 72.2 cm³/mol. The maximum atomic E-state index is 2.34. The minimum atomic E-state index is 0. The second-order valence-electron chi connectivity index (χ2n) is 5.59. The molecule has 0 N–H and O–H groups in total. The molecule has 0 spiro atoms. The van der Waals surface area contributed by atoms with Crippen LogP contribution < -0.4 is 17.0 Å². The van der Waals surface area contributed by atoms with E-state index in [1.165, 1.54) is 17.1 Å². The number of benzene rings is 1. The minimum absolute atomic E-state index is 0. The molecule has 0 bridgehead atoms. The zero-order valence-electron chi connectivity index (χ0n) is 11.5. The van der Waals surface area contributed by atoms with Crippen molar-refractivity contribution >= 4 is 0 Å². The van der Waals surface area contributed by atoms with Crippen molar-refractivity contribution in [2.45, 2.75) is 13.5 Å². The molecule has 2 aromatic rings. The van der Waals surface area contributed by atoms with Gasteiger partial charge >= 0.3 is 0 Å². The molecule has 0 fully saturated rings. The third-order valence-corrected chi connectivity index (χ3v) is 2.81. The van der Waals surface area contributed by atoms with E-state index >= 15 is 0 Å². The monoisotopic (exact) mass is 308 g/mol. The Labute approximate surface area is 120 Å². The van der Waals surface area contributed by atoms with Gasteiger partial charge in [-0.25, -0.2) is 0 Å². The Kier molecular flexibility index (Phi) is 4.77. The highest BCUT2D eigenvalue weighted by Crippen LogP contribution is 2.18. The molecule has 1 aromatic heterocycles. The number of hydrogen-bond donors (Lipinski definition) is 0. The highest BCUT2D eigenvalue weighted by Gasteiger charge is 2.14. The van der Waals surface area contributed by atoms with E-state index in [1.807, 2.05) is 0 Å². The molecule has 0 aliphatic rings. The van der Waals surface area contributed by atoms with Crippen LogP contribution in [0.4, 0.5) is 0 Å². The van der Waals surface area contributed by atoms with Crippen molar-refractivity contribution in [2.24, 2.45) is 0 Å². The van der Waals surface area contributed by atoms with Crippen molar-refractivity contribution in [1.29, 1.82) is 0 Å². The van der Waals surface area contributed by atoms with Crippen LogP contribution in [0.1, 0.15) is 11.4 Å². The number of halogens is 1. The number of hydrogen-bond acceptors (Lipinski definition) is 0. The normalized spacial score (nSPS) is 11.1. The smallest absolute Gasteiger partial charge is 0.119 e. The van der Waals surface area contributed by atoms with Crippen molar-refractivity contribution in [3.63, 3.8) is 0 Å². The van der Waals surface area contributed by atoms with Gasteiger partial charge in [-0.1, -0.05) is 18.2 Å². The van der Waals surface area contributed by atoms with Crippen LogP contribution in [-0.4, -0.2) is 30.2 Å². The molecule has 3 heteroatoms. The molecule has 98 valence electrons. The average molecular weight is 309 g/mol. The fourth-order valence-electron chi connectivity index (χ4n) is 2.15. The number of para-hydroxylation sites is 1. The largest absolute Gasteiger partial charge is 1.00 e. The first-order valence-corrected chi connectivity index (χ1v) is 6.00. The molecule has 1 heterocycles. The van der Waals surface area contributed by atoms with E-state index in [0.29, 0.717) is 0 Å². The summed E-state index contributed by atoms with van der Waals surface area (Å²) in [5.41, 5.74) is 3.90. The SMILES string of the molecule is Cc1ccc(C[N+](C)(C)C)n1-c1ccccc1.[Br-]. The molecule has 0 aliphatic carbocycles. The molecule has 0 saturated carbocycles. The van der Waals surface area contributed by atoms with Crippen molar-refractivity contribution in [1.82, 2.24) is 4.57 Å². The Balaban J connectivity index is 0.00000162. The van der Waals surface area contributed by atoms with Gasteiger partial charge in [0.15, 0.2) is 0 Å². The molecular formula is C15H21BrN2. The van der Waals surface area contributed by atoms with E-state index in [-0.39, 0.29) is 17.0 Å². The van der Waals surface area contributed by atoms with Gasteiger partial charge in [-0.15, -0.1) is 0 Å². The minimum Gasteiger partial charge on any atom is -1.00 e. The molecule has 1 aromatic carbocycles. The van der Waals surface area contributed by atoms with Crippen molar-refractivity contribution in [2.75, 3.05) is 21.1 Å². The summed E-state index contributed by atoms with van der Waals surface area (Å²) in [6.45, 7) is 3.19. The average Bonchev–Trinajstić information content (AvgIpc) is 2.58. The van der Waals surface area contributed by atoms with E-state index in [4.69, 9.17) is 0 Å². The lowest BCUT2D eigenvalue weighted by Crippen LogP contribution is -3.00. The summed E-state index contributed by atoms with van der Waals surface area (Å²) in [5, 5.41) is 0. The lowest BCUT2D eigenvalue weighted by molar-refractivity contribution is -0.884. The second kappa shape index (κ2) is 5.72. The molecule has 0 amide bonds. The molecular weight excluding hydrogens is 288 g/mol. The molecule has 2 rings (SSSR count). The van der Waals surface area contributed by atoms with Gasteiger partial charge in [-0.05, 0) is 31.2 Å². The molecule has 0 atom stereocenters. The highest BCUT2D eigenvalue weighted by atomic mass is 79.9. The summed E-state index contributed by atoms with van der Waals surface area (Å²) in [7, 11) is 6.66. The van der Waals surface area contributed by atoms with Crippen LogP contribution in [-0.2, 0) is 6.54 Å². The first-order chi connectivity index (χ1) is 7.97. The Morgan fingerprint density at radius 1 is 0.944 bits per heavy atom. The van der Waals surface area contributed by atoms with Gasteiger partial charge in [0.25, 0.3) is 0 Å². The number of aromatic nitrogens is 1. The van der Waals surface area contributed by atoms with Crippen LogP contribution in [0.25, 0.3) is 5.69 Å².